The maximum absolute atomic E-state index is 3.40. The van der Waals surface area contributed by atoms with Crippen LogP contribution in [0, 0.1) is 5.92 Å². The minimum atomic E-state index is 0.748. The van der Waals surface area contributed by atoms with Crippen molar-refractivity contribution in [2.75, 3.05) is 26.7 Å². The van der Waals surface area contributed by atoms with Crippen LogP contribution >= 0.6 is 0 Å². The quantitative estimate of drug-likeness (QED) is 0.715. The molecule has 0 aromatic carbocycles. The van der Waals surface area contributed by atoms with Crippen molar-refractivity contribution in [2.24, 2.45) is 5.92 Å². The third-order valence-electron chi connectivity index (χ3n) is 3.19. The van der Waals surface area contributed by atoms with Crippen LogP contribution < -0.4 is 5.32 Å². The van der Waals surface area contributed by atoms with Gasteiger partial charge in [0.15, 0.2) is 0 Å². The Morgan fingerprint density at radius 1 is 1.46 bits per heavy atom. The molecule has 0 bridgehead atoms. The number of nitrogens with zero attached hydrogens (tertiary/aromatic N) is 1. The van der Waals surface area contributed by atoms with Crippen LogP contribution in [-0.2, 0) is 0 Å². The van der Waals surface area contributed by atoms with Crippen LogP contribution in [0.4, 0.5) is 0 Å². The number of likely N-dealkylation sites (tertiary alicyclic amines) is 1. The second kappa shape index (κ2) is 5.61. The van der Waals surface area contributed by atoms with Crippen LogP contribution in [0.25, 0.3) is 0 Å². The van der Waals surface area contributed by atoms with Crippen LogP contribution in [-0.4, -0.2) is 37.6 Å². The fourth-order valence-electron chi connectivity index (χ4n) is 2.25. The maximum atomic E-state index is 3.40. The third kappa shape index (κ3) is 3.28. The Morgan fingerprint density at radius 3 is 2.77 bits per heavy atom. The summed E-state index contributed by atoms with van der Waals surface area (Å²) in [5.74, 6) is 0.815. The van der Waals surface area contributed by atoms with Crippen molar-refractivity contribution in [3.8, 4) is 0 Å². The predicted octanol–water partition coefficient (Wildman–Crippen LogP) is 1.72. The predicted molar refractivity (Wildman–Crippen MR) is 58.0 cm³/mol. The lowest BCUT2D eigenvalue weighted by Crippen LogP contribution is -2.47. The molecule has 1 heterocycles. The maximum Gasteiger partial charge on any atom is 0.0114 e. The average molecular weight is 184 g/mol. The highest BCUT2D eigenvalue weighted by molar-refractivity contribution is 4.81. The average Bonchev–Trinajstić information content (AvgIpc) is 2.15. The van der Waals surface area contributed by atoms with Crippen molar-refractivity contribution in [3.63, 3.8) is 0 Å². The first kappa shape index (κ1) is 11.0. The molecule has 1 saturated heterocycles. The number of unbranched alkanes of at least 4 members (excludes halogenated alkanes) is 1. The Bertz CT molecular complexity index is 136. The summed E-state index contributed by atoms with van der Waals surface area (Å²) in [5.41, 5.74) is 0. The van der Waals surface area contributed by atoms with Crippen molar-refractivity contribution >= 4 is 0 Å². The van der Waals surface area contributed by atoms with Gasteiger partial charge in [-0.2, -0.15) is 0 Å². The molecule has 0 radical (unpaired) electrons. The Balaban J connectivity index is 2.24. The summed E-state index contributed by atoms with van der Waals surface area (Å²) in [5, 5.41) is 3.40. The molecule has 78 valence electrons. The van der Waals surface area contributed by atoms with Gasteiger partial charge >= 0.3 is 0 Å². The zero-order valence-corrected chi connectivity index (χ0v) is 9.34. The van der Waals surface area contributed by atoms with Crippen LogP contribution in [0.5, 0.6) is 0 Å². The van der Waals surface area contributed by atoms with Gasteiger partial charge in [0, 0.05) is 12.6 Å². The van der Waals surface area contributed by atoms with Crippen molar-refractivity contribution in [1.29, 1.82) is 0 Å². The van der Waals surface area contributed by atoms with Crippen LogP contribution in [0.2, 0.25) is 0 Å². The first-order chi connectivity index (χ1) is 6.27. The fourth-order valence-corrected chi connectivity index (χ4v) is 2.25. The zero-order chi connectivity index (χ0) is 9.68. The molecule has 13 heavy (non-hydrogen) atoms. The summed E-state index contributed by atoms with van der Waals surface area (Å²) in [7, 11) is 2.09. The molecular weight excluding hydrogens is 160 g/mol. The van der Waals surface area contributed by atoms with Crippen LogP contribution in [0.15, 0.2) is 0 Å². The van der Waals surface area contributed by atoms with Crippen LogP contribution in [0.1, 0.15) is 33.1 Å². The van der Waals surface area contributed by atoms with Gasteiger partial charge < -0.3 is 10.2 Å². The number of piperidine rings is 1. The van der Waals surface area contributed by atoms with Crippen molar-refractivity contribution in [1.82, 2.24) is 10.2 Å². The summed E-state index contributed by atoms with van der Waals surface area (Å²) < 4.78 is 0. The molecule has 2 unspecified atom stereocenters. The van der Waals surface area contributed by atoms with E-state index in [4.69, 9.17) is 0 Å². The smallest absolute Gasteiger partial charge is 0.0114 e. The van der Waals surface area contributed by atoms with E-state index in [0.29, 0.717) is 0 Å². The lowest BCUT2D eigenvalue weighted by Gasteiger charge is -2.36. The van der Waals surface area contributed by atoms with E-state index in [2.05, 4.69) is 31.1 Å². The van der Waals surface area contributed by atoms with Gasteiger partial charge in [0.25, 0.3) is 0 Å². The molecule has 0 aliphatic carbocycles. The monoisotopic (exact) mass is 184 g/mol. The number of hydrogen-bond acceptors (Lipinski definition) is 2. The van der Waals surface area contributed by atoms with Crippen molar-refractivity contribution < 1.29 is 0 Å². The molecule has 1 aliphatic heterocycles. The highest BCUT2D eigenvalue weighted by Gasteiger charge is 2.23. The van der Waals surface area contributed by atoms with Crippen molar-refractivity contribution in [2.45, 2.75) is 39.2 Å². The fraction of sp³-hybridized carbons (Fsp3) is 1.00. The molecule has 2 nitrogen and oxygen atoms in total. The molecule has 2 heteroatoms. The van der Waals surface area contributed by atoms with E-state index in [1.54, 1.807) is 0 Å². The summed E-state index contributed by atoms with van der Waals surface area (Å²) in [4.78, 5) is 2.61. The van der Waals surface area contributed by atoms with Gasteiger partial charge in [-0.1, -0.05) is 20.3 Å². The Hall–Kier alpha value is -0.0800. The van der Waals surface area contributed by atoms with E-state index in [9.17, 15) is 0 Å². The normalized spacial score (nSPS) is 30.7. The summed E-state index contributed by atoms with van der Waals surface area (Å²) in [6, 6.07) is 0.748. The Morgan fingerprint density at radius 2 is 2.23 bits per heavy atom. The molecule has 1 aliphatic rings. The molecule has 0 aromatic rings. The van der Waals surface area contributed by atoms with E-state index >= 15 is 0 Å². The van der Waals surface area contributed by atoms with Gasteiger partial charge in [-0.15, -0.1) is 0 Å². The van der Waals surface area contributed by atoms with E-state index in [1.807, 2.05) is 0 Å². The van der Waals surface area contributed by atoms with E-state index < -0.39 is 0 Å². The van der Waals surface area contributed by atoms with E-state index in [1.165, 1.54) is 38.9 Å². The molecule has 0 amide bonds. The minimum absolute atomic E-state index is 0.748. The molecule has 1 N–H and O–H groups in total. The van der Waals surface area contributed by atoms with Gasteiger partial charge in [0.1, 0.15) is 0 Å². The highest BCUT2D eigenvalue weighted by atomic mass is 15.1. The number of rotatable bonds is 4. The summed E-state index contributed by atoms with van der Waals surface area (Å²) in [6.07, 6.45) is 4.00. The lowest BCUT2D eigenvalue weighted by atomic mass is 9.94. The van der Waals surface area contributed by atoms with Gasteiger partial charge in [-0.05, 0) is 38.9 Å². The molecule has 0 saturated carbocycles. The SMILES string of the molecule is CCCCN1CCC(NC)C(C)C1. The third-order valence-corrected chi connectivity index (χ3v) is 3.19. The molecule has 1 fully saturated rings. The van der Waals surface area contributed by atoms with Crippen LogP contribution in [0.3, 0.4) is 0 Å². The van der Waals surface area contributed by atoms with Gasteiger partial charge in [-0.25, -0.2) is 0 Å². The lowest BCUT2D eigenvalue weighted by molar-refractivity contribution is 0.150. The molecule has 2 atom stereocenters. The zero-order valence-electron chi connectivity index (χ0n) is 9.34. The second-order valence-corrected chi connectivity index (χ2v) is 4.32. The molecular formula is C11H24N2. The molecule has 0 aromatic heterocycles. The summed E-state index contributed by atoms with van der Waals surface area (Å²) >= 11 is 0. The summed E-state index contributed by atoms with van der Waals surface area (Å²) in [6.45, 7) is 8.50. The number of hydrogen-bond donors (Lipinski definition) is 1. The first-order valence-electron chi connectivity index (χ1n) is 5.67. The minimum Gasteiger partial charge on any atom is -0.317 e. The Kier molecular flexibility index (Phi) is 4.74. The van der Waals surface area contributed by atoms with Gasteiger partial charge in [0.05, 0.1) is 0 Å². The first-order valence-corrected chi connectivity index (χ1v) is 5.67. The van der Waals surface area contributed by atoms with E-state index in [-0.39, 0.29) is 0 Å². The highest BCUT2D eigenvalue weighted by Crippen LogP contribution is 2.16. The topological polar surface area (TPSA) is 15.3 Å². The number of nitrogens with one attached hydrogen (secondary N) is 1. The van der Waals surface area contributed by atoms with Gasteiger partial charge in [-0.3, -0.25) is 0 Å². The Labute approximate surface area is 82.7 Å². The molecule has 0 spiro atoms. The second-order valence-electron chi connectivity index (χ2n) is 4.32. The molecule has 1 rings (SSSR count). The largest absolute Gasteiger partial charge is 0.317 e. The van der Waals surface area contributed by atoms with E-state index in [0.717, 1.165) is 12.0 Å². The van der Waals surface area contributed by atoms with Gasteiger partial charge in [0.2, 0.25) is 0 Å². The standard InChI is InChI=1S/C11H24N2/c1-4-5-7-13-8-6-11(12-3)10(2)9-13/h10-12H,4-9H2,1-3H3. The van der Waals surface area contributed by atoms with Crippen molar-refractivity contribution in [3.05, 3.63) is 0 Å².